The van der Waals surface area contributed by atoms with Gasteiger partial charge < -0.3 is 0 Å². The Balaban J connectivity index is 1.60. The highest BCUT2D eigenvalue weighted by Crippen LogP contribution is 2.35. The molecule has 0 unspecified atom stereocenters. The van der Waals surface area contributed by atoms with Crippen LogP contribution in [-0.2, 0) is 0 Å². The van der Waals surface area contributed by atoms with Crippen molar-refractivity contribution in [1.82, 2.24) is 14.8 Å². The van der Waals surface area contributed by atoms with Gasteiger partial charge in [-0.1, -0.05) is 91.7 Å². The fourth-order valence-corrected chi connectivity index (χ4v) is 4.57. The lowest BCUT2D eigenvalue weighted by Crippen LogP contribution is -2.15. The van der Waals surface area contributed by atoms with Crippen molar-refractivity contribution in [3.8, 4) is 11.4 Å². The first-order valence-electron chi connectivity index (χ1n) is 9.54. The molecule has 1 heterocycles. The summed E-state index contributed by atoms with van der Waals surface area (Å²) in [6.07, 6.45) is 6.08. The van der Waals surface area contributed by atoms with Crippen molar-refractivity contribution in [2.75, 3.05) is 5.75 Å². The lowest BCUT2D eigenvalue weighted by molar-refractivity contribution is 0.102. The molecule has 3 aromatic rings. The van der Waals surface area contributed by atoms with E-state index in [4.69, 9.17) is 0 Å². The van der Waals surface area contributed by atoms with Gasteiger partial charge in [-0.15, -0.1) is 10.2 Å². The number of ketones is 1. The van der Waals surface area contributed by atoms with Crippen LogP contribution in [0.25, 0.3) is 11.4 Å². The molecule has 0 saturated heterocycles. The van der Waals surface area contributed by atoms with Crippen LogP contribution in [0.15, 0.2) is 65.8 Å². The zero-order valence-electron chi connectivity index (χ0n) is 15.3. The molecule has 1 aliphatic carbocycles. The number of hydrogen-bond donors (Lipinski definition) is 0. The van der Waals surface area contributed by atoms with Crippen LogP contribution in [0.1, 0.15) is 48.5 Å². The molecule has 27 heavy (non-hydrogen) atoms. The third-order valence-corrected chi connectivity index (χ3v) is 6.01. The van der Waals surface area contributed by atoms with Crippen molar-refractivity contribution in [1.29, 1.82) is 0 Å². The lowest BCUT2D eigenvalue weighted by Gasteiger charge is -2.25. The van der Waals surface area contributed by atoms with Crippen molar-refractivity contribution >= 4 is 17.5 Å². The summed E-state index contributed by atoms with van der Waals surface area (Å²) < 4.78 is 2.28. The molecule has 1 fully saturated rings. The Hall–Kier alpha value is -2.40. The third kappa shape index (κ3) is 4.14. The molecule has 1 saturated carbocycles. The summed E-state index contributed by atoms with van der Waals surface area (Å²) in [6, 6.07) is 20.1. The Labute approximate surface area is 164 Å². The van der Waals surface area contributed by atoms with Crippen LogP contribution >= 0.6 is 11.8 Å². The Morgan fingerprint density at radius 2 is 1.59 bits per heavy atom. The smallest absolute Gasteiger partial charge is 0.192 e. The molecule has 0 bridgehead atoms. The topological polar surface area (TPSA) is 47.8 Å². The van der Waals surface area contributed by atoms with Crippen molar-refractivity contribution in [3.05, 3.63) is 66.2 Å². The average Bonchev–Trinajstić information content (AvgIpc) is 3.18. The highest BCUT2D eigenvalue weighted by atomic mass is 32.2. The number of carbonyl (C=O) groups excluding carboxylic acids is 1. The van der Waals surface area contributed by atoms with E-state index >= 15 is 0 Å². The minimum Gasteiger partial charge on any atom is -0.299 e. The number of hydrogen-bond acceptors (Lipinski definition) is 4. The molecule has 0 spiro atoms. The number of nitrogens with zero attached hydrogens (tertiary/aromatic N) is 3. The molecule has 4 nitrogen and oxygen atoms in total. The SMILES string of the molecule is O=C(CSc1nnc(-c2ccccc2)n1C1CCCCC1)c1ccccc1. The highest BCUT2D eigenvalue weighted by molar-refractivity contribution is 7.99. The van der Waals surface area contributed by atoms with E-state index in [0.717, 1.165) is 34.9 Å². The van der Waals surface area contributed by atoms with E-state index in [1.54, 1.807) is 0 Å². The van der Waals surface area contributed by atoms with Crippen molar-refractivity contribution in [3.63, 3.8) is 0 Å². The Bertz CT molecular complexity index is 886. The second-order valence-corrected chi connectivity index (χ2v) is 7.85. The first kappa shape index (κ1) is 18.0. The second-order valence-electron chi connectivity index (χ2n) is 6.91. The summed E-state index contributed by atoms with van der Waals surface area (Å²) in [5, 5.41) is 9.80. The highest BCUT2D eigenvalue weighted by Gasteiger charge is 2.24. The van der Waals surface area contributed by atoms with Gasteiger partial charge in [0, 0.05) is 17.2 Å². The molecule has 0 amide bonds. The summed E-state index contributed by atoms with van der Waals surface area (Å²) in [6.45, 7) is 0. The molecule has 4 rings (SSSR count). The standard InChI is InChI=1S/C22H23N3OS/c26-20(17-10-4-1-5-11-17)16-27-22-24-23-21(18-12-6-2-7-13-18)25(22)19-14-8-3-9-15-19/h1-2,4-7,10-13,19H,3,8-9,14-16H2. The summed E-state index contributed by atoms with van der Waals surface area (Å²) in [7, 11) is 0. The second kappa shape index (κ2) is 8.53. The van der Waals surface area contributed by atoms with Gasteiger partial charge in [0.25, 0.3) is 0 Å². The van der Waals surface area contributed by atoms with E-state index in [1.165, 1.54) is 31.0 Å². The van der Waals surface area contributed by atoms with E-state index in [9.17, 15) is 4.79 Å². The molecule has 1 aliphatic rings. The molecule has 0 N–H and O–H groups in total. The maximum absolute atomic E-state index is 12.5. The average molecular weight is 378 g/mol. The summed E-state index contributed by atoms with van der Waals surface area (Å²) in [5.74, 6) is 1.42. The van der Waals surface area contributed by atoms with Gasteiger partial charge >= 0.3 is 0 Å². The van der Waals surface area contributed by atoms with Crippen LogP contribution in [-0.4, -0.2) is 26.3 Å². The lowest BCUT2D eigenvalue weighted by atomic mass is 9.95. The van der Waals surface area contributed by atoms with E-state index in [1.807, 2.05) is 48.5 Å². The Morgan fingerprint density at radius 1 is 0.926 bits per heavy atom. The van der Waals surface area contributed by atoms with Gasteiger partial charge in [0.15, 0.2) is 16.8 Å². The van der Waals surface area contributed by atoms with Crippen LogP contribution in [0.2, 0.25) is 0 Å². The van der Waals surface area contributed by atoms with Crippen molar-refractivity contribution < 1.29 is 4.79 Å². The number of thioether (sulfide) groups is 1. The van der Waals surface area contributed by atoms with Crippen LogP contribution in [0.3, 0.4) is 0 Å². The number of Topliss-reactive ketones (excluding diaryl/α,β-unsaturated/α-hetero) is 1. The minimum atomic E-state index is 0.125. The molecule has 0 atom stereocenters. The van der Waals surface area contributed by atoms with Gasteiger partial charge in [-0.3, -0.25) is 9.36 Å². The molecular formula is C22H23N3OS. The molecule has 0 radical (unpaired) electrons. The predicted molar refractivity (Wildman–Crippen MR) is 109 cm³/mol. The van der Waals surface area contributed by atoms with Gasteiger partial charge in [0.2, 0.25) is 0 Å². The number of aromatic nitrogens is 3. The van der Waals surface area contributed by atoms with Gasteiger partial charge in [0.1, 0.15) is 0 Å². The van der Waals surface area contributed by atoms with Crippen LogP contribution in [0.4, 0.5) is 0 Å². The van der Waals surface area contributed by atoms with Gasteiger partial charge in [-0.25, -0.2) is 0 Å². The number of rotatable bonds is 6. The van der Waals surface area contributed by atoms with Crippen LogP contribution in [0.5, 0.6) is 0 Å². The molecular weight excluding hydrogens is 354 g/mol. The quantitative estimate of drug-likeness (QED) is 0.425. The summed E-state index contributed by atoms with van der Waals surface area (Å²) in [5.41, 5.74) is 1.83. The summed E-state index contributed by atoms with van der Waals surface area (Å²) >= 11 is 1.50. The molecule has 138 valence electrons. The van der Waals surface area contributed by atoms with Crippen LogP contribution < -0.4 is 0 Å². The Morgan fingerprint density at radius 3 is 2.30 bits per heavy atom. The Kier molecular flexibility index (Phi) is 5.68. The zero-order valence-corrected chi connectivity index (χ0v) is 16.1. The largest absolute Gasteiger partial charge is 0.299 e. The fourth-order valence-electron chi connectivity index (χ4n) is 3.67. The number of carbonyl (C=O) groups is 1. The molecule has 5 heteroatoms. The first-order valence-corrected chi connectivity index (χ1v) is 10.5. The van der Waals surface area contributed by atoms with E-state index in [-0.39, 0.29) is 5.78 Å². The van der Waals surface area contributed by atoms with E-state index < -0.39 is 0 Å². The first-order chi connectivity index (χ1) is 13.3. The predicted octanol–water partition coefficient (Wildman–Crippen LogP) is 5.43. The van der Waals surface area contributed by atoms with Gasteiger partial charge in [-0.2, -0.15) is 0 Å². The monoisotopic (exact) mass is 377 g/mol. The minimum absolute atomic E-state index is 0.125. The van der Waals surface area contributed by atoms with Crippen molar-refractivity contribution in [2.45, 2.75) is 43.3 Å². The molecule has 1 aromatic heterocycles. The summed E-state index contributed by atoms with van der Waals surface area (Å²) in [4.78, 5) is 12.5. The molecule has 2 aromatic carbocycles. The fraction of sp³-hybridized carbons (Fsp3) is 0.318. The van der Waals surface area contributed by atoms with Gasteiger partial charge in [0.05, 0.1) is 5.75 Å². The van der Waals surface area contributed by atoms with Crippen LogP contribution in [0, 0.1) is 0 Å². The zero-order chi connectivity index (χ0) is 18.5. The van der Waals surface area contributed by atoms with Crippen molar-refractivity contribution in [2.24, 2.45) is 0 Å². The van der Waals surface area contributed by atoms with Gasteiger partial charge in [-0.05, 0) is 12.8 Å². The third-order valence-electron chi connectivity index (χ3n) is 5.06. The molecule has 0 aliphatic heterocycles. The normalized spacial score (nSPS) is 15.0. The van der Waals surface area contributed by atoms with E-state index in [0.29, 0.717) is 11.8 Å². The maximum atomic E-state index is 12.5. The maximum Gasteiger partial charge on any atom is 0.192 e. The van der Waals surface area contributed by atoms with E-state index in [2.05, 4.69) is 26.9 Å². The number of benzene rings is 2.